The first-order valence-corrected chi connectivity index (χ1v) is 7.93. The van der Waals surface area contributed by atoms with Gasteiger partial charge in [0.2, 0.25) is 0 Å². The zero-order valence-corrected chi connectivity index (χ0v) is 12.9. The molecule has 1 aromatic heterocycles. The van der Waals surface area contributed by atoms with Gasteiger partial charge in [-0.15, -0.1) is 0 Å². The van der Waals surface area contributed by atoms with Crippen LogP contribution in [0.3, 0.4) is 0 Å². The minimum atomic E-state index is -3.55. The molecule has 0 fully saturated rings. The van der Waals surface area contributed by atoms with Crippen molar-refractivity contribution < 1.29 is 8.42 Å². The van der Waals surface area contributed by atoms with E-state index < -0.39 is 10.0 Å². The number of aromatic nitrogens is 2. The summed E-state index contributed by atoms with van der Waals surface area (Å²) in [6.45, 7) is 9.30. The minimum Gasteiger partial charge on any atom is -0.334 e. The molecule has 0 amide bonds. The van der Waals surface area contributed by atoms with Crippen molar-refractivity contribution in [2.45, 2.75) is 45.7 Å². The van der Waals surface area contributed by atoms with Gasteiger partial charge in [-0.25, -0.2) is 18.1 Å². The Morgan fingerprint density at radius 3 is 2.58 bits per heavy atom. The van der Waals surface area contributed by atoms with Gasteiger partial charge in [0.15, 0.2) is 5.03 Å². The Bertz CT molecular complexity index is 520. The van der Waals surface area contributed by atoms with Crippen LogP contribution in [-0.4, -0.2) is 31.1 Å². The Balaban J connectivity index is 2.81. The van der Waals surface area contributed by atoms with Crippen molar-refractivity contribution in [3.8, 4) is 0 Å². The molecule has 0 aliphatic rings. The normalized spacial score (nSPS) is 12.9. The van der Waals surface area contributed by atoms with Crippen molar-refractivity contribution in [1.82, 2.24) is 14.3 Å². The van der Waals surface area contributed by atoms with Gasteiger partial charge in [-0.05, 0) is 32.2 Å². The number of rotatable bonds is 7. The average molecular weight is 288 g/mol. The van der Waals surface area contributed by atoms with Gasteiger partial charge in [-0.1, -0.05) is 13.8 Å². The summed E-state index contributed by atoms with van der Waals surface area (Å²) in [5, 5.41) is 0.0791. The number of nitrogens with one attached hydrogen (secondary N) is 1. The summed E-state index contributed by atoms with van der Waals surface area (Å²) in [6, 6.07) is 0. The zero-order valence-electron chi connectivity index (χ0n) is 12.1. The topological polar surface area (TPSA) is 90.0 Å². The number of hydrogen-bond donors (Lipinski definition) is 2. The largest absolute Gasteiger partial charge is 0.334 e. The molecule has 1 heterocycles. The van der Waals surface area contributed by atoms with Gasteiger partial charge in [-0.3, -0.25) is 0 Å². The molecule has 0 aliphatic heterocycles. The van der Waals surface area contributed by atoms with Crippen LogP contribution in [0.25, 0.3) is 0 Å². The van der Waals surface area contributed by atoms with Crippen molar-refractivity contribution >= 4 is 10.0 Å². The maximum atomic E-state index is 12.1. The number of sulfonamides is 1. The average Bonchev–Trinajstić information content (AvgIpc) is 2.69. The quantitative estimate of drug-likeness (QED) is 0.779. The van der Waals surface area contributed by atoms with E-state index in [1.54, 1.807) is 17.7 Å². The fourth-order valence-electron chi connectivity index (χ4n) is 1.77. The molecule has 0 atom stereocenters. The third kappa shape index (κ3) is 4.29. The molecule has 6 nitrogen and oxygen atoms in total. The summed E-state index contributed by atoms with van der Waals surface area (Å²) < 4.78 is 28.7. The molecule has 0 saturated carbocycles. The summed E-state index contributed by atoms with van der Waals surface area (Å²) in [4.78, 5) is 4.09. The summed E-state index contributed by atoms with van der Waals surface area (Å²) in [5.74, 6) is 0.698. The van der Waals surface area contributed by atoms with Gasteiger partial charge in [0.25, 0.3) is 10.0 Å². The van der Waals surface area contributed by atoms with Crippen molar-refractivity contribution in [3.63, 3.8) is 0 Å². The molecule has 0 saturated heterocycles. The Morgan fingerprint density at radius 1 is 1.47 bits per heavy atom. The molecule has 0 radical (unpaired) electrons. The number of nitrogens with two attached hydrogens (primary N) is 1. The lowest BCUT2D eigenvalue weighted by molar-refractivity contribution is 0.340. The predicted molar refractivity (Wildman–Crippen MR) is 75.3 cm³/mol. The molecule has 7 heteroatoms. The Morgan fingerprint density at radius 2 is 2.11 bits per heavy atom. The molecule has 19 heavy (non-hydrogen) atoms. The van der Waals surface area contributed by atoms with Crippen LogP contribution in [0.2, 0.25) is 0 Å². The third-order valence-corrected chi connectivity index (χ3v) is 4.40. The second-order valence-corrected chi connectivity index (χ2v) is 7.15. The first-order chi connectivity index (χ1) is 8.72. The van der Waals surface area contributed by atoms with Gasteiger partial charge >= 0.3 is 0 Å². The highest BCUT2D eigenvalue weighted by molar-refractivity contribution is 7.89. The van der Waals surface area contributed by atoms with Crippen molar-refractivity contribution in [2.75, 3.05) is 13.1 Å². The Hall–Kier alpha value is -0.920. The maximum absolute atomic E-state index is 12.1. The second-order valence-electron chi connectivity index (χ2n) is 5.44. The van der Waals surface area contributed by atoms with Crippen LogP contribution in [0.15, 0.2) is 11.2 Å². The highest BCUT2D eigenvalue weighted by Gasteiger charge is 2.23. The van der Waals surface area contributed by atoms with Crippen LogP contribution in [0.5, 0.6) is 0 Å². The number of nitrogens with zero attached hydrogens (tertiary/aromatic N) is 2. The van der Waals surface area contributed by atoms with Crippen molar-refractivity contribution in [3.05, 3.63) is 12.0 Å². The van der Waals surface area contributed by atoms with Crippen LogP contribution in [0.1, 0.15) is 33.0 Å². The molecule has 1 rings (SSSR count). The summed E-state index contributed by atoms with van der Waals surface area (Å²) >= 11 is 0. The lowest BCUT2D eigenvalue weighted by atomic mass is 9.90. The fourth-order valence-corrected chi connectivity index (χ4v) is 3.02. The standard InChI is InChI=1S/C12H24N4O2S/c1-5-16-8-11(15-10(16)2)19(17,18)14-9-12(3,4)6-7-13/h8,14H,5-7,9,13H2,1-4H3. The van der Waals surface area contributed by atoms with E-state index in [1.807, 2.05) is 20.8 Å². The summed E-state index contributed by atoms with van der Waals surface area (Å²) in [6.07, 6.45) is 2.32. The lowest BCUT2D eigenvalue weighted by Gasteiger charge is -2.23. The number of aryl methyl sites for hydroxylation is 2. The zero-order chi connectivity index (χ0) is 14.7. The van der Waals surface area contributed by atoms with E-state index in [1.165, 1.54) is 0 Å². The molecule has 0 unspecified atom stereocenters. The van der Waals surface area contributed by atoms with Gasteiger partial charge in [0, 0.05) is 19.3 Å². The third-order valence-electron chi connectivity index (χ3n) is 3.13. The predicted octanol–water partition coefficient (Wildman–Crippen LogP) is 0.865. The molecular formula is C12H24N4O2S. The Labute approximate surface area is 115 Å². The molecule has 0 aliphatic carbocycles. The van der Waals surface area contributed by atoms with Crippen LogP contribution in [-0.2, 0) is 16.6 Å². The highest BCUT2D eigenvalue weighted by atomic mass is 32.2. The Kier molecular flexibility index (Phi) is 5.11. The fraction of sp³-hybridized carbons (Fsp3) is 0.750. The SMILES string of the molecule is CCn1cc(S(=O)(=O)NCC(C)(C)CCN)nc1C. The van der Waals surface area contributed by atoms with E-state index in [9.17, 15) is 8.42 Å². The van der Waals surface area contributed by atoms with Gasteiger partial charge in [0.1, 0.15) is 5.82 Å². The molecule has 110 valence electrons. The molecule has 0 spiro atoms. The molecule has 0 aromatic carbocycles. The second kappa shape index (κ2) is 6.02. The van der Waals surface area contributed by atoms with Crippen LogP contribution >= 0.6 is 0 Å². The number of hydrogen-bond acceptors (Lipinski definition) is 4. The van der Waals surface area contributed by atoms with Gasteiger partial charge in [-0.2, -0.15) is 0 Å². The van der Waals surface area contributed by atoms with Gasteiger partial charge in [0.05, 0.1) is 0 Å². The van der Waals surface area contributed by atoms with E-state index in [4.69, 9.17) is 5.73 Å². The van der Waals surface area contributed by atoms with E-state index >= 15 is 0 Å². The lowest BCUT2D eigenvalue weighted by Crippen LogP contribution is -2.35. The first-order valence-electron chi connectivity index (χ1n) is 6.45. The van der Waals surface area contributed by atoms with Crippen molar-refractivity contribution in [2.24, 2.45) is 11.1 Å². The summed E-state index contributed by atoms with van der Waals surface area (Å²) in [7, 11) is -3.55. The smallest absolute Gasteiger partial charge is 0.259 e. The van der Waals surface area contributed by atoms with E-state index in [0.717, 1.165) is 6.42 Å². The maximum Gasteiger partial charge on any atom is 0.259 e. The van der Waals surface area contributed by atoms with E-state index in [-0.39, 0.29) is 10.4 Å². The van der Waals surface area contributed by atoms with Gasteiger partial charge < -0.3 is 10.3 Å². The number of imidazole rings is 1. The van der Waals surface area contributed by atoms with Crippen LogP contribution in [0.4, 0.5) is 0 Å². The molecule has 0 bridgehead atoms. The molecule has 1 aromatic rings. The molecular weight excluding hydrogens is 264 g/mol. The van der Waals surface area contributed by atoms with Crippen molar-refractivity contribution in [1.29, 1.82) is 0 Å². The van der Waals surface area contributed by atoms with Crippen LogP contribution < -0.4 is 10.5 Å². The minimum absolute atomic E-state index is 0.0791. The van der Waals surface area contributed by atoms with Crippen LogP contribution in [0, 0.1) is 12.3 Å². The first kappa shape index (κ1) is 16.1. The summed E-state index contributed by atoms with van der Waals surface area (Å²) in [5.41, 5.74) is 5.35. The molecule has 3 N–H and O–H groups in total. The van der Waals surface area contributed by atoms with E-state index in [0.29, 0.717) is 25.5 Å². The van der Waals surface area contributed by atoms with E-state index in [2.05, 4.69) is 9.71 Å². The highest BCUT2D eigenvalue weighted by Crippen LogP contribution is 2.19. The monoisotopic (exact) mass is 288 g/mol.